The van der Waals surface area contributed by atoms with Gasteiger partial charge in [0.2, 0.25) is 16.0 Å². The van der Waals surface area contributed by atoms with Gasteiger partial charge in [0.25, 0.3) is 0 Å². The Labute approximate surface area is 188 Å². The van der Waals surface area contributed by atoms with E-state index in [1.807, 2.05) is 0 Å². The van der Waals surface area contributed by atoms with Gasteiger partial charge in [0.05, 0.1) is 25.1 Å². The van der Waals surface area contributed by atoms with Gasteiger partial charge in [-0.2, -0.15) is 0 Å². The van der Waals surface area contributed by atoms with Crippen LogP contribution in [0.1, 0.15) is 23.2 Å². The Balaban J connectivity index is 1.65. The van der Waals surface area contributed by atoms with Crippen LogP contribution in [0.2, 0.25) is 0 Å². The Morgan fingerprint density at radius 1 is 1.18 bits per heavy atom. The van der Waals surface area contributed by atoms with Crippen molar-refractivity contribution in [3.63, 3.8) is 0 Å². The zero-order valence-electron chi connectivity index (χ0n) is 17.9. The van der Waals surface area contributed by atoms with E-state index < -0.39 is 27.6 Å². The van der Waals surface area contributed by atoms with Gasteiger partial charge in [-0.15, -0.1) is 0 Å². The average Bonchev–Trinajstić information content (AvgIpc) is 2.79. The molecule has 0 spiro atoms. The number of nitrogens with one attached hydrogen (secondary N) is 1. The van der Waals surface area contributed by atoms with Crippen LogP contribution >= 0.6 is 0 Å². The minimum absolute atomic E-state index is 0.0490. The van der Waals surface area contributed by atoms with Gasteiger partial charge in [-0.05, 0) is 31.0 Å². The van der Waals surface area contributed by atoms with Gasteiger partial charge >= 0.3 is 5.97 Å². The predicted molar refractivity (Wildman–Crippen MR) is 117 cm³/mol. The molecule has 1 fully saturated rings. The summed E-state index contributed by atoms with van der Waals surface area (Å²) in [5, 5.41) is 3.26. The van der Waals surface area contributed by atoms with Crippen molar-refractivity contribution in [1.29, 1.82) is 0 Å². The molecule has 174 valence electrons. The molecule has 4 rings (SSSR count). The number of fused-ring (bicyclic) bond motifs is 1. The first-order valence-electron chi connectivity index (χ1n) is 10.1. The van der Waals surface area contributed by atoms with E-state index in [1.54, 1.807) is 0 Å². The molecular formula is C21H21F2N5O4S. The number of methoxy groups -OCH3 is 1. The number of rotatable bonds is 5. The molecule has 9 nitrogen and oxygen atoms in total. The molecule has 1 N–H and O–H groups in total. The van der Waals surface area contributed by atoms with E-state index in [9.17, 15) is 22.0 Å². The lowest BCUT2D eigenvalue weighted by atomic mass is 10.0. The molecule has 1 aliphatic rings. The lowest BCUT2D eigenvalue weighted by Gasteiger charge is -2.30. The van der Waals surface area contributed by atoms with Crippen LogP contribution in [-0.4, -0.2) is 66.1 Å². The molecule has 0 bridgehead atoms. The van der Waals surface area contributed by atoms with E-state index in [0.717, 1.165) is 12.3 Å². The number of hydrogen-bond acceptors (Lipinski definition) is 8. The van der Waals surface area contributed by atoms with Crippen LogP contribution in [0.25, 0.3) is 22.2 Å². The number of esters is 1. The third kappa shape index (κ3) is 4.76. The zero-order valence-corrected chi connectivity index (χ0v) is 18.7. The first-order valence-corrected chi connectivity index (χ1v) is 11.9. The first-order chi connectivity index (χ1) is 15.7. The molecule has 12 heteroatoms. The number of piperidine rings is 1. The molecule has 3 heterocycles. The molecule has 3 aromatic rings. The number of anilines is 1. The number of nitrogens with zero attached hydrogens (tertiary/aromatic N) is 4. The SMILES string of the molecule is COC(=O)c1ccnc2c(F)cc(-c3nc(NC4CCN(S(C)(=O)=O)CC4)ncc3F)cc12. The second-order valence-corrected chi connectivity index (χ2v) is 9.66. The van der Waals surface area contributed by atoms with Gasteiger partial charge in [0, 0.05) is 36.3 Å². The van der Waals surface area contributed by atoms with Crippen molar-refractivity contribution in [2.75, 3.05) is 31.8 Å². The molecule has 2 aromatic heterocycles. The van der Waals surface area contributed by atoms with Crippen LogP contribution in [0, 0.1) is 11.6 Å². The Morgan fingerprint density at radius 2 is 1.91 bits per heavy atom. The number of aromatic nitrogens is 3. The third-order valence-corrected chi connectivity index (χ3v) is 6.78. The maximum Gasteiger partial charge on any atom is 0.338 e. The zero-order chi connectivity index (χ0) is 23.8. The molecule has 0 aliphatic carbocycles. The summed E-state index contributed by atoms with van der Waals surface area (Å²) in [7, 11) is -2.05. The van der Waals surface area contributed by atoms with Gasteiger partial charge in [-0.25, -0.2) is 36.3 Å². The average molecular weight is 477 g/mol. The van der Waals surface area contributed by atoms with E-state index >= 15 is 0 Å². The predicted octanol–water partition coefficient (Wildman–Crippen LogP) is 2.59. The summed E-state index contributed by atoms with van der Waals surface area (Å²) in [6.45, 7) is 0.702. The topological polar surface area (TPSA) is 114 Å². The summed E-state index contributed by atoms with van der Waals surface area (Å²) in [6.07, 6.45) is 4.49. The molecule has 0 saturated carbocycles. The van der Waals surface area contributed by atoms with Crippen molar-refractivity contribution in [3.05, 3.63) is 47.8 Å². The van der Waals surface area contributed by atoms with Crippen LogP contribution in [0.4, 0.5) is 14.7 Å². The monoisotopic (exact) mass is 477 g/mol. The highest BCUT2D eigenvalue weighted by Gasteiger charge is 2.25. The Morgan fingerprint density at radius 3 is 2.58 bits per heavy atom. The maximum absolute atomic E-state index is 14.8. The Kier molecular flexibility index (Phi) is 6.21. The molecule has 0 atom stereocenters. The lowest BCUT2D eigenvalue weighted by Crippen LogP contribution is -2.42. The second-order valence-electron chi connectivity index (χ2n) is 7.68. The molecule has 0 unspecified atom stereocenters. The van der Waals surface area contributed by atoms with Crippen LogP contribution in [0.15, 0.2) is 30.6 Å². The highest BCUT2D eigenvalue weighted by molar-refractivity contribution is 7.88. The van der Waals surface area contributed by atoms with E-state index in [0.29, 0.717) is 25.9 Å². The highest BCUT2D eigenvalue weighted by atomic mass is 32.2. The number of ether oxygens (including phenoxy) is 1. The first kappa shape index (κ1) is 22.9. The van der Waals surface area contributed by atoms with Crippen LogP contribution in [0.3, 0.4) is 0 Å². The van der Waals surface area contributed by atoms with E-state index in [-0.39, 0.29) is 39.7 Å². The third-order valence-electron chi connectivity index (χ3n) is 5.48. The van der Waals surface area contributed by atoms with Gasteiger partial charge in [-0.1, -0.05) is 0 Å². The van der Waals surface area contributed by atoms with Crippen LogP contribution in [-0.2, 0) is 14.8 Å². The fourth-order valence-electron chi connectivity index (χ4n) is 3.79. The minimum Gasteiger partial charge on any atom is -0.465 e. The minimum atomic E-state index is -3.25. The molecule has 33 heavy (non-hydrogen) atoms. The van der Waals surface area contributed by atoms with Crippen LogP contribution in [0.5, 0.6) is 0 Å². The number of carbonyl (C=O) groups is 1. The maximum atomic E-state index is 14.8. The van der Waals surface area contributed by atoms with Gasteiger partial charge in [0.1, 0.15) is 17.0 Å². The summed E-state index contributed by atoms with van der Waals surface area (Å²) in [5.74, 6) is -2.06. The number of hydrogen-bond donors (Lipinski definition) is 1. The Hall–Kier alpha value is -3.25. The molecular weight excluding hydrogens is 456 g/mol. The highest BCUT2D eigenvalue weighted by Crippen LogP contribution is 2.29. The van der Waals surface area contributed by atoms with Gasteiger partial charge in [0.15, 0.2) is 5.82 Å². The number of halogens is 2. The number of carbonyl (C=O) groups excluding carboxylic acids is 1. The summed E-state index contributed by atoms with van der Waals surface area (Å²) >= 11 is 0. The van der Waals surface area contributed by atoms with Crippen molar-refractivity contribution < 1.29 is 26.7 Å². The molecule has 1 aliphatic heterocycles. The lowest BCUT2D eigenvalue weighted by molar-refractivity contribution is 0.0603. The Bertz CT molecular complexity index is 1330. The van der Waals surface area contributed by atoms with Crippen molar-refractivity contribution in [1.82, 2.24) is 19.3 Å². The van der Waals surface area contributed by atoms with Crippen molar-refractivity contribution >= 4 is 32.8 Å². The molecule has 1 aromatic carbocycles. The van der Waals surface area contributed by atoms with Gasteiger partial charge in [-0.3, -0.25) is 4.98 Å². The molecule has 1 saturated heterocycles. The largest absolute Gasteiger partial charge is 0.465 e. The molecule has 0 amide bonds. The summed E-state index contributed by atoms with van der Waals surface area (Å²) in [6, 6.07) is 3.81. The fourth-order valence-corrected chi connectivity index (χ4v) is 4.66. The standard InChI is InChI=1S/C21H21F2N5O4S/c1-32-20(29)14-3-6-24-19-15(14)9-12(10-16(19)22)18-17(23)11-25-21(27-18)26-13-4-7-28(8-5-13)33(2,30)31/h3,6,9-11,13H,4-5,7-8H2,1-2H3,(H,25,26,27). The summed E-state index contributed by atoms with van der Waals surface area (Å²) < 4.78 is 58.9. The summed E-state index contributed by atoms with van der Waals surface area (Å²) in [5.41, 5.74) is -0.00432. The normalized spacial score (nSPS) is 15.5. The van der Waals surface area contributed by atoms with Gasteiger partial charge < -0.3 is 10.1 Å². The van der Waals surface area contributed by atoms with E-state index in [2.05, 4.69) is 20.3 Å². The van der Waals surface area contributed by atoms with E-state index in [1.165, 1.54) is 36.0 Å². The van der Waals surface area contributed by atoms with Crippen molar-refractivity contribution in [2.45, 2.75) is 18.9 Å². The van der Waals surface area contributed by atoms with Crippen molar-refractivity contribution in [3.8, 4) is 11.3 Å². The van der Waals surface area contributed by atoms with E-state index in [4.69, 9.17) is 4.74 Å². The molecule has 0 radical (unpaired) electrons. The number of sulfonamides is 1. The summed E-state index contributed by atoms with van der Waals surface area (Å²) in [4.78, 5) is 24.2. The number of pyridine rings is 1. The second kappa shape index (κ2) is 8.94. The van der Waals surface area contributed by atoms with Crippen molar-refractivity contribution in [2.24, 2.45) is 0 Å². The number of benzene rings is 1. The quantitative estimate of drug-likeness (QED) is 0.558. The fraction of sp³-hybridized carbons (Fsp3) is 0.333. The van der Waals surface area contributed by atoms with Crippen LogP contribution < -0.4 is 5.32 Å². The smallest absolute Gasteiger partial charge is 0.338 e.